The lowest BCUT2D eigenvalue weighted by Gasteiger charge is -2.21. The van der Waals surface area contributed by atoms with Crippen LogP contribution in [0.15, 0.2) is 249 Å². The third-order valence-corrected chi connectivity index (χ3v) is 23.1. The Balaban J connectivity index is 0.000000169. The van der Waals surface area contributed by atoms with E-state index in [1.807, 2.05) is 74.5 Å². The van der Waals surface area contributed by atoms with Crippen LogP contribution >= 0.6 is 94.2 Å². The largest absolute Gasteiger partial charge is 0.535 e. The number of carbonyl (C=O) groups is 2. The molecule has 8 heterocycles. The lowest BCUT2D eigenvalue weighted by atomic mass is 9.81. The number of amides is 1. The van der Waals surface area contributed by atoms with Gasteiger partial charge in [0.15, 0.2) is 48.7 Å². The number of fused-ring (bicyclic) bond motifs is 2. The smallest absolute Gasteiger partial charge is 0.488 e. The number of rotatable bonds is 19. The molecule has 0 bridgehead atoms. The molecule has 0 spiro atoms. The summed E-state index contributed by atoms with van der Waals surface area (Å²) in [6, 6.07) is 59.8. The number of benzene rings is 8. The molecule has 43 heteroatoms. The zero-order chi connectivity index (χ0) is 98.1. The van der Waals surface area contributed by atoms with Crippen LogP contribution in [0, 0.1) is 37.1 Å². The van der Waals surface area contributed by atoms with Crippen molar-refractivity contribution in [3.8, 4) is 56.2 Å². The second-order valence-corrected chi connectivity index (χ2v) is 44.4. The fourth-order valence-electron chi connectivity index (χ4n) is 12.6. The van der Waals surface area contributed by atoms with E-state index in [-0.39, 0.29) is 71.6 Å². The molecule has 0 unspecified atom stereocenters. The van der Waals surface area contributed by atoms with Gasteiger partial charge in [-0.3, -0.25) is 35.1 Å². The molecule has 16 N–H and O–H groups in total. The van der Waals surface area contributed by atoms with Crippen molar-refractivity contribution in [2.75, 3.05) is 33.8 Å². The van der Waals surface area contributed by atoms with Gasteiger partial charge in [-0.05, 0) is 304 Å². The van der Waals surface area contributed by atoms with Gasteiger partial charge < -0.3 is 47.9 Å². The Morgan fingerprint density at radius 1 is 0.474 bits per heavy atom. The Hall–Kier alpha value is -12.8. The van der Waals surface area contributed by atoms with Crippen LogP contribution in [0.4, 0.5) is 53.0 Å². The quantitative estimate of drug-likeness (QED) is 0.00894. The number of aliphatic carboxylic acids is 1. The van der Waals surface area contributed by atoms with Crippen molar-refractivity contribution in [3.05, 3.63) is 333 Å². The maximum Gasteiger partial charge on any atom is 0.488 e. The molecular weight excluding hydrogens is 2050 g/mol. The van der Waals surface area contributed by atoms with Crippen LogP contribution in [-0.2, 0) is 39.7 Å². The van der Waals surface area contributed by atoms with E-state index in [2.05, 4.69) is 163 Å². The molecule has 29 nitrogen and oxygen atoms in total. The summed E-state index contributed by atoms with van der Waals surface area (Å²) in [5, 5.41) is 37.2. The van der Waals surface area contributed by atoms with Gasteiger partial charge in [0.2, 0.25) is 38.0 Å². The minimum absolute atomic E-state index is 0.00381. The first-order chi connectivity index (χ1) is 64.0. The number of carboxylic acid groups (broad SMARTS) is 1. The summed E-state index contributed by atoms with van der Waals surface area (Å²) in [6.45, 7) is 18.8. The lowest BCUT2D eigenvalue weighted by Crippen LogP contribution is -2.31. The van der Waals surface area contributed by atoms with E-state index in [1.54, 1.807) is 129 Å². The summed E-state index contributed by atoms with van der Waals surface area (Å²) in [4.78, 5) is 65.2. The van der Waals surface area contributed by atoms with Crippen LogP contribution in [-0.4, -0.2) is 126 Å². The number of aromatic nitrogens is 14. The molecule has 16 rings (SSSR count). The van der Waals surface area contributed by atoms with Crippen LogP contribution in [0.25, 0.3) is 67.5 Å². The fraction of sp³-hybridized carbons (Fsp3) is 0.141. The van der Waals surface area contributed by atoms with Gasteiger partial charge in [-0.1, -0.05) is 94.9 Å². The molecule has 696 valence electrons. The second-order valence-electron chi connectivity index (χ2n) is 31.3. The zero-order valence-corrected chi connectivity index (χ0v) is 83.4. The molecule has 0 atom stereocenters. The van der Waals surface area contributed by atoms with Crippen LogP contribution in [0.1, 0.15) is 52.2 Å². The highest BCUT2D eigenvalue weighted by molar-refractivity contribution is 9.11. The second kappa shape index (κ2) is 48.4. The van der Waals surface area contributed by atoms with Gasteiger partial charge in [0.05, 0.1) is 54.6 Å². The molecule has 135 heavy (non-hydrogen) atoms. The molecule has 8 aromatic carbocycles. The Kier molecular flexibility index (Phi) is 37.4. The van der Waals surface area contributed by atoms with Gasteiger partial charge in [0.1, 0.15) is 23.3 Å². The number of halogens is 11. The van der Waals surface area contributed by atoms with E-state index in [0.717, 1.165) is 61.8 Å². The summed E-state index contributed by atoms with van der Waals surface area (Å²) >= 11 is 33.9. The number of nitrogens with two attached hydrogens (primary N) is 5. The van der Waals surface area contributed by atoms with Gasteiger partial charge in [0.25, 0.3) is 0 Å². The van der Waals surface area contributed by atoms with Crippen LogP contribution < -0.4 is 50.5 Å². The molecule has 0 fully saturated rings. The number of hydrogen-bond acceptors (Lipinski definition) is 25. The third-order valence-electron chi connectivity index (χ3n) is 18.1. The van der Waals surface area contributed by atoms with Crippen molar-refractivity contribution in [1.82, 2.24) is 74.5 Å². The number of aryl methyl sites for hydroxylation is 2. The minimum atomic E-state index is -1.43. The van der Waals surface area contributed by atoms with E-state index >= 15 is 0 Å². The van der Waals surface area contributed by atoms with E-state index in [1.165, 1.54) is 57.6 Å². The molecule has 0 aliphatic heterocycles. The Morgan fingerprint density at radius 2 is 0.859 bits per heavy atom. The number of carboxylic acids is 1. The van der Waals surface area contributed by atoms with E-state index in [4.69, 9.17) is 99.7 Å². The van der Waals surface area contributed by atoms with Gasteiger partial charge in [-0.15, -0.1) is 10.2 Å². The van der Waals surface area contributed by atoms with Gasteiger partial charge in [-0.25, -0.2) is 53.3 Å². The van der Waals surface area contributed by atoms with Crippen molar-refractivity contribution in [2.24, 2.45) is 10.5 Å². The number of hydrogen-bond donors (Lipinski definition) is 11. The molecule has 0 radical (unpaired) electrons. The first-order valence-corrected chi connectivity index (χ1v) is 51.4. The minimum Gasteiger partial charge on any atom is -0.535 e. The van der Waals surface area contributed by atoms with Gasteiger partial charge in [0, 0.05) is 85.9 Å². The predicted molar refractivity (Wildman–Crippen MR) is 542 cm³/mol. The third kappa shape index (κ3) is 32.0. The van der Waals surface area contributed by atoms with E-state index < -0.39 is 29.6 Å². The Bertz CT molecular complexity index is 6870. The number of carbonyl (C=O) groups excluding carboxylic acids is 1. The maximum atomic E-state index is 13.6. The zero-order valence-electron chi connectivity index (χ0n) is 73.7. The number of nitrogen functional groups attached to an aromatic ring is 5. The highest BCUT2D eigenvalue weighted by Crippen LogP contribution is 2.38. The van der Waals surface area contributed by atoms with E-state index in [0.29, 0.717) is 114 Å². The molecule has 1 amide bonds. The summed E-state index contributed by atoms with van der Waals surface area (Å²) < 4.78 is 67.7. The van der Waals surface area contributed by atoms with Crippen molar-refractivity contribution < 1.29 is 46.7 Å². The monoisotopic (exact) mass is 2130 g/mol. The lowest BCUT2D eigenvalue weighted by molar-refractivity contribution is -0.136. The van der Waals surface area contributed by atoms with Gasteiger partial charge in [-0.2, -0.15) is 19.0 Å². The normalized spacial score (nSPS) is 11.0. The summed E-state index contributed by atoms with van der Waals surface area (Å²) in [7, 11) is -4.15. The Morgan fingerprint density at radius 3 is 1.27 bits per heavy atom. The molecule has 0 aliphatic carbocycles. The topological polar surface area (TPSA) is 446 Å². The molecular formula is C92H89BBr3Cl4F4N23O6Si2. The Labute approximate surface area is 821 Å². The molecule has 16 aromatic rings. The first kappa shape index (κ1) is 104. The van der Waals surface area contributed by atoms with Crippen molar-refractivity contribution in [3.63, 3.8) is 0 Å². The average Bonchev–Trinajstić information content (AvgIpc) is 1.62. The number of pyridine rings is 2. The van der Waals surface area contributed by atoms with Crippen molar-refractivity contribution in [1.29, 1.82) is 0 Å². The standard InChI is InChI=1S/C24H18ClFN6.C18H14BrClFN5O.C18H12BrClFN5.C10H9BrFN5.C8H7ClO2.C8H21NOSi2.C6H8BNO2/c1-14-11-17(9-10-28-14)21-22(16-5-7-19(26)8-6-16)30-24(27)32-23(21)29-20(31-32)13-15-3-2-4-18(25)12-15;19-15-16(11-4-6-13(21)7-5-11)23-18(22)24-17(15)26-25-14(27)9-10-2-1-3-12(20)8-10;19-15-16(11-4-6-13(21)7-5-11)24-18(22)26-17(15)23-14(25-26)9-10-2-1-3-12(20)8-10;11-7-8(5-1-3-6(12)4-2-5)15-10(13)16-9(7)17-14;9-7-3-1-2-6(4-7)5-8(10)11;1-8(9-11(2,3)4)10-12(5,6)7;1-5-4-6(7(9)10)2-3-8-5/h2-12H,13H2,1H3,(H2,27,30);1-8H,9H2,(H,25,27)(H3,22,23,24,26);1-8H,9H2,(H2,22,24);1-4H,14H2,(H3,13,15,16,17);1-4H,5H2,(H,10,11);1-7H3;2-4,9-10H,1H3. The molecule has 0 saturated carbocycles. The van der Waals surface area contributed by atoms with Crippen LogP contribution in [0.3, 0.4) is 0 Å². The summed E-state index contributed by atoms with van der Waals surface area (Å²) in [5.74, 6) is 6.06. The number of nitrogens with zero attached hydrogens (tertiary/aromatic N) is 15. The van der Waals surface area contributed by atoms with Crippen LogP contribution in [0.2, 0.25) is 59.4 Å². The van der Waals surface area contributed by atoms with Gasteiger partial charge >= 0.3 is 13.1 Å². The van der Waals surface area contributed by atoms with E-state index in [9.17, 15) is 27.2 Å². The summed E-state index contributed by atoms with van der Waals surface area (Å²) in [6.07, 6.45) is 4.44. The fourth-order valence-corrected chi connectivity index (χ4v) is 17.0. The SMILES string of the molecule is CC(=N[Si](C)(C)C)O[Si](C)(C)C.Cc1cc(-c2c(-c3ccc(F)cc3)nc(N)n3nc(Cc4cccc(Cl)c4)nc23)ccn1.Cc1cc(B(O)O)ccn1.NNc1nc(N)nc(-c2ccc(F)cc2)c1Br.Nc1nc(-c2ccc(F)cc2)c(Br)c2nc(Cc3cccc(Cl)c3)nn12.Nc1nc(NNC(=O)Cc2cccc(Cl)c2)c(Br)c(-c2ccc(F)cc2)n1.O=C(O)Cc1cccc(Cl)c1. The molecule has 0 aliphatic rings. The highest BCUT2D eigenvalue weighted by Gasteiger charge is 2.25. The van der Waals surface area contributed by atoms with Crippen molar-refractivity contribution >= 4 is 188 Å². The van der Waals surface area contributed by atoms with Crippen LogP contribution in [0.5, 0.6) is 0 Å². The molecule has 0 saturated heterocycles. The highest BCUT2D eigenvalue weighted by atomic mass is 79.9. The average molecular weight is 2140 g/mol. The number of anilines is 6. The van der Waals surface area contributed by atoms with Crippen molar-refractivity contribution in [2.45, 2.75) is 85.7 Å². The predicted octanol–water partition coefficient (Wildman–Crippen LogP) is 19.7. The molecule has 8 aromatic heterocycles. The first-order valence-electron chi connectivity index (χ1n) is 40.6. The summed E-state index contributed by atoms with van der Waals surface area (Å²) in [5.41, 5.74) is 44.7. The maximum absolute atomic E-state index is 13.6. The number of nitrogens with one attached hydrogen (secondary N) is 3. The number of hydrazine groups is 2.